The third kappa shape index (κ3) is 2.71. The molecule has 1 aromatic carbocycles. The second-order valence-corrected chi connectivity index (χ2v) is 4.96. The molecule has 1 heterocycles. The summed E-state index contributed by atoms with van der Waals surface area (Å²) in [6, 6.07) is 1.41. The van der Waals surface area contributed by atoms with Crippen molar-refractivity contribution in [2.24, 2.45) is 10.2 Å². The van der Waals surface area contributed by atoms with Gasteiger partial charge >= 0.3 is 0 Å². The maximum absolute atomic E-state index is 5.98. The molecule has 0 aliphatic heterocycles. The van der Waals surface area contributed by atoms with Crippen molar-refractivity contribution in [1.29, 1.82) is 0 Å². The number of anilines is 2. The van der Waals surface area contributed by atoms with Gasteiger partial charge < -0.3 is 11.5 Å². The topological polar surface area (TPSA) is 105 Å². The molecule has 2 rings (SSSR count). The molecule has 10 heteroatoms. The lowest BCUT2D eigenvalue weighted by Crippen LogP contribution is -1.84. The van der Waals surface area contributed by atoms with Crippen molar-refractivity contribution in [2.75, 3.05) is 11.5 Å². The monoisotopic (exact) mass is 338 g/mol. The SMILES string of the molecule is Nc1n[nH]c(N)c1N=Nc1c(Cl)c(Cl)cc(Cl)c1Cl. The third-order valence-electron chi connectivity index (χ3n) is 2.13. The van der Waals surface area contributed by atoms with Crippen molar-refractivity contribution in [2.45, 2.75) is 0 Å². The highest BCUT2D eigenvalue weighted by molar-refractivity contribution is 6.49. The number of nitrogens with one attached hydrogen (secondary N) is 1. The lowest BCUT2D eigenvalue weighted by Gasteiger charge is -2.04. The predicted octanol–water partition coefficient (Wildman–Crippen LogP) is 4.60. The van der Waals surface area contributed by atoms with Crippen molar-refractivity contribution in [3.05, 3.63) is 26.2 Å². The minimum Gasteiger partial charge on any atom is -0.382 e. The highest BCUT2D eigenvalue weighted by Gasteiger charge is 2.14. The largest absolute Gasteiger partial charge is 0.382 e. The molecule has 0 bridgehead atoms. The number of hydrogen-bond acceptors (Lipinski definition) is 5. The molecular weight excluding hydrogens is 334 g/mol. The lowest BCUT2D eigenvalue weighted by molar-refractivity contribution is 1.11. The van der Waals surface area contributed by atoms with E-state index in [1.807, 2.05) is 0 Å². The van der Waals surface area contributed by atoms with Gasteiger partial charge in [0.2, 0.25) is 0 Å². The zero-order valence-corrected chi connectivity index (χ0v) is 12.1. The summed E-state index contributed by atoms with van der Waals surface area (Å²) in [4.78, 5) is 0. The van der Waals surface area contributed by atoms with E-state index in [-0.39, 0.29) is 43.1 Å². The van der Waals surface area contributed by atoms with Gasteiger partial charge in [-0.15, -0.1) is 10.2 Å². The Hall–Kier alpha value is -1.21. The van der Waals surface area contributed by atoms with Crippen LogP contribution >= 0.6 is 46.4 Å². The van der Waals surface area contributed by atoms with E-state index in [1.54, 1.807) is 0 Å². The van der Waals surface area contributed by atoms with Crippen molar-refractivity contribution in [3.8, 4) is 0 Å². The number of benzene rings is 1. The Morgan fingerprint density at radius 3 is 1.95 bits per heavy atom. The molecule has 0 atom stereocenters. The fourth-order valence-electron chi connectivity index (χ4n) is 1.22. The molecule has 0 aliphatic rings. The highest BCUT2D eigenvalue weighted by atomic mass is 35.5. The van der Waals surface area contributed by atoms with Crippen LogP contribution in [0.2, 0.25) is 20.1 Å². The van der Waals surface area contributed by atoms with E-state index >= 15 is 0 Å². The van der Waals surface area contributed by atoms with Gasteiger partial charge in [0.25, 0.3) is 0 Å². The van der Waals surface area contributed by atoms with Crippen LogP contribution in [0.4, 0.5) is 23.0 Å². The third-order valence-corrected chi connectivity index (χ3v) is 3.69. The Labute approximate surface area is 127 Å². The number of aromatic amines is 1. The smallest absolute Gasteiger partial charge is 0.175 e. The Kier molecular flexibility index (Phi) is 4.05. The molecule has 0 aliphatic carbocycles. The average molecular weight is 340 g/mol. The summed E-state index contributed by atoms with van der Waals surface area (Å²) < 4.78 is 0. The van der Waals surface area contributed by atoms with Crippen LogP contribution < -0.4 is 11.5 Å². The lowest BCUT2D eigenvalue weighted by atomic mass is 10.3. The molecule has 2 aromatic rings. The molecular formula is C9H6Cl4N6. The van der Waals surface area contributed by atoms with Crippen LogP contribution in [-0.2, 0) is 0 Å². The summed E-state index contributed by atoms with van der Waals surface area (Å²) in [5, 5.41) is 14.5. The summed E-state index contributed by atoms with van der Waals surface area (Å²) in [7, 11) is 0. The van der Waals surface area contributed by atoms with Crippen molar-refractivity contribution >= 4 is 69.4 Å². The van der Waals surface area contributed by atoms with Gasteiger partial charge in [0, 0.05) is 0 Å². The Morgan fingerprint density at radius 1 is 0.947 bits per heavy atom. The van der Waals surface area contributed by atoms with E-state index in [2.05, 4.69) is 20.4 Å². The van der Waals surface area contributed by atoms with E-state index in [9.17, 15) is 0 Å². The Bertz CT molecular complexity index is 619. The summed E-state index contributed by atoms with van der Waals surface area (Å²) in [5.41, 5.74) is 11.4. The van der Waals surface area contributed by atoms with Gasteiger partial charge in [-0.05, 0) is 6.07 Å². The van der Waals surface area contributed by atoms with Crippen LogP contribution in [0, 0.1) is 0 Å². The minimum atomic E-state index is 0.0987. The quantitative estimate of drug-likeness (QED) is 0.549. The maximum Gasteiger partial charge on any atom is 0.175 e. The van der Waals surface area contributed by atoms with Crippen LogP contribution in [0.3, 0.4) is 0 Å². The molecule has 0 amide bonds. The Balaban J connectivity index is 2.50. The van der Waals surface area contributed by atoms with E-state index in [0.717, 1.165) is 0 Å². The normalized spacial score (nSPS) is 11.4. The first-order valence-corrected chi connectivity index (χ1v) is 6.27. The van der Waals surface area contributed by atoms with Crippen LogP contribution in [0.5, 0.6) is 0 Å². The maximum atomic E-state index is 5.98. The summed E-state index contributed by atoms with van der Waals surface area (Å²) >= 11 is 23.7. The molecule has 0 spiro atoms. The zero-order chi connectivity index (χ0) is 14.2. The predicted molar refractivity (Wildman–Crippen MR) is 78.1 cm³/mol. The highest BCUT2D eigenvalue weighted by Crippen LogP contribution is 2.43. The number of nitrogens with two attached hydrogens (primary N) is 2. The molecule has 19 heavy (non-hydrogen) atoms. The van der Waals surface area contributed by atoms with Gasteiger partial charge in [0.1, 0.15) is 11.5 Å². The fraction of sp³-hybridized carbons (Fsp3) is 0. The summed E-state index contributed by atoms with van der Waals surface area (Å²) in [5.74, 6) is 0.267. The molecule has 0 radical (unpaired) electrons. The second kappa shape index (κ2) is 5.42. The number of aromatic nitrogens is 2. The van der Waals surface area contributed by atoms with Crippen LogP contribution in [-0.4, -0.2) is 10.2 Å². The zero-order valence-electron chi connectivity index (χ0n) is 9.09. The van der Waals surface area contributed by atoms with Crippen molar-refractivity contribution in [3.63, 3.8) is 0 Å². The van der Waals surface area contributed by atoms with E-state index in [0.29, 0.717) is 0 Å². The Morgan fingerprint density at radius 2 is 1.47 bits per heavy atom. The van der Waals surface area contributed by atoms with Gasteiger partial charge in [-0.2, -0.15) is 5.10 Å². The fourth-order valence-corrected chi connectivity index (χ4v) is 2.09. The minimum absolute atomic E-state index is 0.0987. The molecule has 0 fully saturated rings. The number of hydrogen-bond donors (Lipinski definition) is 3. The molecule has 1 aromatic heterocycles. The number of rotatable bonds is 2. The number of azo groups is 1. The average Bonchev–Trinajstić information content (AvgIpc) is 2.67. The summed E-state index contributed by atoms with van der Waals surface area (Å²) in [6.45, 7) is 0. The van der Waals surface area contributed by atoms with Gasteiger partial charge in [-0.1, -0.05) is 46.4 Å². The van der Waals surface area contributed by atoms with E-state index in [1.165, 1.54) is 6.07 Å². The molecule has 6 nitrogen and oxygen atoms in total. The van der Waals surface area contributed by atoms with Crippen LogP contribution in [0.25, 0.3) is 0 Å². The molecule has 0 saturated carbocycles. The van der Waals surface area contributed by atoms with E-state index < -0.39 is 0 Å². The van der Waals surface area contributed by atoms with Gasteiger partial charge in [-0.25, -0.2) is 0 Å². The number of H-pyrrole nitrogens is 1. The van der Waals surface area contributed by atoms with Gasteiger partial charge in [-0.3, -0.25) is 5.10 Å². The van der Waals surface area contributed by atoms with E-state index in [4.69, 9.17) is 57.9 Å². The standard InChI is InChI=1S/C9H6Cl4N6/c10-2-1-3(11)5(13)6(4(2)12)16-17-7-8(14)18-19-9(7)15/h1H,(H5,14,15,18,19). The molecule has 100 valence electrons. The first kappa shape index (κ1) is 14.2. The first-order valence-electron chi connectivity index (χ1n) is 4.76. The number of nitrogen functional groups attached to an aromatic ring is 2. The molecule has 5 N–H and O–H groups in total. The number of halogens is 4. The first-order chi connectivity index (χ1) is 8.91. The van der Waals surface area contributed by atoms with Crippen molar-refractivity contribution in [1.82, 2.24) is 10.2 Å². The van der Waals surface area contributed by atoms with Crippen LogP contribution in [0.1, 0.15) is 0 Å². The van der Waals surface area contributed by atoms with Crippen molar-refractivity contribution < 1.29 is 0 Å². The molecule has 0 unspecified atom stereocenters. The second-order valence-electron chi connectivity index (χ2n) is 3.39. The van der Waals surface area contributed by atoms with Gasteiger partial charge in [0.15, 0.2) is 11.5 Å². The number of nitrogens with zero attached hydrogens (tertiary/aromatic N) is 3. The van der Waals surface area contributed by atoms with Crippen LogP contribution in [0.15, 0.2) is 16.3 Å². The molecule has 0 saturated heterocycles. The van der Waals surface area contributed by atoms with Gasteiger partial charge in [0.05, 0.1) is 20.1 Å². The summed E-state index contributed by atoms with van der Waals surface area (Å²) in [6.07, 6.45) is 0.